The molecular formula is C15H21F3N2O4S. The van der Waals surface area contributed by atoms with E-state index in [9.17, 15) is 21.6 Å². The number of hydrogen-bond acceptors (Lipinski definition) is 4. The van der Waals surface area contributed by atoms with Crippen LogP contribution in [0.3, 0.4) is 0 Å². The maximum Gasteiger partial charge on any atom is 0.573 e. The summed E-state index contributed by atoms with van der Waals surface area (Å²) in [5, 5.41) is 0. The lowest BCUT2D eigenvalue weighted by Crippen LogP contribution is -2.52. The molecular weight excluding hydrogens is 361 g/mol. The second-order valence-electron chi connectivity index (χ2n) is 5.99. The Balaban J connectivity index is 2.17. The quantitative estimate of drug-likeness (QED) is 0.785. The Bertz CT molecular complexity index is 686. The highest BCUT2D eigenvalue weighted by Crippen LogP contribution is 2.28. The average molecular weight is 382 g/mol. The lowest BCUT2D eigenvalue weighted by atomic mass is 10.2. The van der Waals surface area contributed by atoms with Crippen molar-refractivity contribution in [2.24, 2.45) is 0 Å². The molecule has 0 spiro atoms. The number of alkyl halides is 3. The normalized spacial score (nSPS) is 23.0. The number of para-hydroxylation sites is 1. The fourth-order valence-corrected chi connectivity index (χ4v) is 4.19. The van der Waals surface area contributed by atoms with Gasteiger partial charge in [-0.2, -0.15) is 17.0 Å². The third-order valence-electron chi connectivity index (χ3n) is 3.70. The lowest BCUT2D eigenvalue weighted by molar-refractivity contribution is -0.274. The van der Waals surface area contributed by atoms with Crippen molar-refractivity contribution in [2.75, 3.05) is 20.1 Å². The third-order valence-corrected chi connectivity index (χ3v) is 5.57. The van der Waals surface area contributed by atoms with Crippen molar-refractivity contribution in [2.45, 2.75) is 39.0 Å². The van der Waals surface area contributed by atoms with Gasteiger partial charge in [0.05, 0.1) is 12.2 Å². The van der Waals surface area contributed by atoms with E-state index in [1.165, 1.54) is 29.6 Å². The van der Waals surface area contributed by atoms with Gasteiger partial charge in [-0.05, 0) is 19.9 Å². The molecule has 1 aromatic carbocycles. The molecule has 0 aromatic heterocycles. The largest absolute Gasteiger partial charge is 0.573 e. The first-order chi connectivity index (χ1) is 11.5. The summed E-state index contributed by atoms with van der Waals surface area (Å²) in [5.41, 5.74) is 0.125. The molecule has 0 N–H and O–H groups in total. The van der Waals surface area contributed by atoms with Crippen LogP contribution in [0.4, 0.5) is 13.2 Å². The number of morpholine rings is 1. The summed E-state index contributed by atoms with van der Waals surface area (Å²) in [4.78, 5) is 0. The molecule has 25 heavy (non-hydrogen) atoms. The van der Waals surface area contributed by atoms with E-state index in [1.54, 1.807) is 13.8 Å². The van der Waals surface area contributed by atoms with Gasteiger partial charge in [-0.3, -0.25) is 0 Å². The summed E-state index contributed by atoms with van der Waals surface area (Å²) in [6, 6.07) is 5.47. The van der Waals surface area contributed by atoms with Gasteiger partial charge in [-0.25, -0.2) is 0 Å². The number of nitrogens with zero attached hydrogens (tertiary/aromatic N) is 2. The second-order valence-corrected chi connectivity index (χ2v) is 8.03. The van der Waals surface area contributed by atoms with Crippen LogP contribution < -0.4 is 4.74 Å². The first-order valence-electron chi connectivity index (χ1n) is 7.69. The number of benzene rings is 1. The molecule has 6 nitrogen and oxygen atoms in total. The van der Waals surface area contributed by atoms with Gasteiger partial charge in [-0.15, -0.1) is 13.2 Å². The van der Waals surface area contributed by atoms with E-state index < -0.39 is 22.3 Å². The van der Waals surface area contributed by atoms with Gasteiger partial charge < -0.3 is 9.47 Å². The fourth-order valence-electron chi connectivity index (χ4n) is 2.70. The summed E-state index contributed by atoms with van der Waals surface area (Å²) in [5.74, 6) is -0.416. The van der Waals surface area contributed by atoms with E-state index in [0.717, 1.165) is 10.4 Å². The molecule has 0 unspecified atom stereocenters. The lowest BCUT2D eigenvalue weighted by Gasteiger charge is -2.36. The van der Waals surface area contributed by atoms with E-state index in [2.05, 4.69) is 4.74 Å². The Morgan fingerprint density at radius 1 is 1.24 bits per heavy atom. The van der Waals surface area contributed by atoms with Crippen LogP contribution >= 0.6 is 0 Å². The SMILES string of the molecule is C[C@@H]1CN(S(=O)(=O)N(C)Cc2ccccc2OC(F)(F)F)C[C@H](C)O1. The highest BCUT2D eigenvalue weighted by Gasteiger charge is 2.35. The minimum atomic E-state index is -4.84. The second kappa shape index (κ2) is 7.48. The van der Waals surface area contributed by atoms with Crippen molar-refractivity contribution in [3.05, 3.63) is 29.8 Å². The zero-order valence-electron chi connectivity index (χ0n) is 14.2. The maximum absolute atomic E-state index is 12.7. The molecule has 1 aliphatic heterocycles. The zero-order chi connectivity index (χ0) is 18.8. The van der Waals surface area contributed by atoms with Crippen molar-refractivity contribution in [3.63, 3.8) is 0 Å². The summed E-state index contributed by atoms with van der Waals surface area (Å²) in [6.45, 7) is 3.68. The zero-order valence-corrected chi connectivity index (χ0v) is 15.0. The van der Waals surface area contributed by atoms with Crippen LogP contribution in [0.5, 0.6) is 5.75 Å². The highest BCUT2D eigenvalue weighted by molar-refractivity contribution is 7.86. The average Bonchev–Trinajstić information content (AvgIpc) is 2.46. The summed E-state index contributed by atoms with van der Waals surface area (Å²) >= 11 is 0. The van der Waals surface area contributed by atoms with Gasteiger partial charge in [0.15, 0.2) is 0 Å². The Hall–Kier alpha value is -1.36. The van der Waals surface area contributed by atoms with Crippen LogP contribution in [0.2, 0.25) is 0 Å². The molecule has 1 saturated heterocycles. The van der Waals surface area contributed by atoms with Crippen molar-refractivity contribution >= 4 is 10.2 Å². The Kier molecular flexibility index (Phi) is 5.97. The van der Waals surface area contributed by atoms with Gasteiger partial charge in [0.1, 0.15) is 5.75 Å². The van der Waals surface area contributed by atoms with E-state index >= 15 is 0 Å². The molecule has 0 amide bonds. The number of rotatable bonds is 5. The predicted molar refractivity (Wildman–Crippen MR) is 85.1 cm³/mol. The van der Waals surface area contributed by atoms with Crippen molar-refractivity contribution < 1.29 is 31.1 Å². The first kappa shape index (κ1) is 20.0. The van der Waals surface area contributed by atoms with Gasteiger partial charge in [0.2, 0.25) is 0 Å². The molecule has 2 atom stereocenters. The first-order valence-corrected chi connectivity index (χ1v) is 9.09. The summed E-state index contributed by atoms with van der Waals surface area (Å²) in [7, 11) is -2.51. The fraction of sp³-hybridized carbons (Fsp3) is 0.600. The summed E-state index contributed by atoms with van der Waals surface area (Å²) in [6.07, 6.45) is -5.36. The third kappa shape index (κ3) is 5.30. The van der Waals surface area contributed by atoms with E-state index in [0.29, 0.717) is 0 Å². The molecule has 1 heterocycles. The molecule has 1 aromatic rings. The van der Waals surface area contributed by atoms with Crippen LogP contribution in [0.1, 0.15) is 19.4 Å². The van der Waals surface area contributed by atoms with E-state index in [4.69, 9.17) is 4.74 Å². The van der Waals surface area contributed by atoms with Crippen molar-refractivity contribution in [1.29, 1.82) is 0 Å². The number of hydrogen-bond donors (Lipinski definition) is 0. The van der Waals surface area contributed by atoms with Crippen LogP contribution in [-0.2, 0) is 21.5 Å². The van der Waals surface area contributed by atoms with Gasteiger partial charge >= 0.3 is 6.36 Å². The molecule has 10 heteroatoms. The molecule has 1 fully saturated rings. The minimum absolute atomic E-state index is 0.125. The monoisotopic (exact) mass is 382 g/mol. The van der Waals surface area contributed by atoms with Crippen LogP contribution in [0.15, 0.2) is 24.3 Å². The Morgan fingerprint density at radius 3 is 2.36 bits per heavy atom. The van der Waals surface area contributed by atoms with Crippen molar-refractivity contribution in [3.8, 4) is 5.75 Å². The van der Waals surface area contributed by atoms with Gasteiger partial charge in [0.25, 0.3) is 10.2 Å². The molecule has 0 saturated carbocycles. The molecule has 1 aliphatic rings. The van der Waals surface area contributed by atoms with Gasteiger partial charge in [-0.1, -0.05) is 18.2 Å². The molecule has 0 bridgehead atoms. The highest BCUT2D eigenvalue weighted by atomic mass is 32.2. The Morgan fingerprint density at radius 2 is 1.80 bits per heavy atom. The minimum Gasteiger partial charge on any atom is -0.405 e. The van der Waals surface area contributed by atoms with Crippen LogP contribution in [0, 0.1) is 0 Å². The van der Waals surface area contributed by atoms with Crippen molar-refractivity contribution in [1.82, 2.24) is 8.61 Å². The van der Waals surface area contributed by atoms with E-state index in [1.807, 2.05) is 0 Å². The van der Waals surface area contributed by atoms with E-state index in [-0.39, 0.29) is 37.4 Å². The number of halogens is 3. The smallest absolute Gasteiger partial charge is 0.405 e. The van der Waals surface area contributed by atoms with Crippen LogP contribution in [0.25, 0.3) is 0 Å². The molecule has 142 valence electrons. The maximum atomic E-state index is 12.7. The molecule has 0 radical (unpaired) electrons. The summed E-state index contributed by atoms with van der Waals surface area (Å²) < 4.78 is 74.7. The number of ether oxygens (including phenoxy) is 2. The Labute approximate surface area is 145 Å². The van der Waals surface area contributed by atoms with Crippen LogP contribution in [-0.4, -0.2) is 55.7 Å². The predicted octanol–water partition coefficient (Wildman–Crippen LogP) is 2.37. The molecule has 2 rings (SSSR count). The molecule has 0 aliphatic carbocycles. The topological polar surface area (TPSA) is 59.1 Å². The standard InChI is InChI=1S/C15H21F3N2O4S/c1-11-8-20(9-12(2)23-11)25(21,22)19(3)10-13-6-4-5-7-14(13)24-15(16,17)18/h4-7,11-12H,8-10H2,1-3H3/t11-,12+. The van der Waals surface area contributed by atoms with Gasteiger partial charge in [0, 0.05) is 32.2 Å².